The van der Waals surface area contributed by atoms with Crippen molar-refractivity contribution >= 4 is 46.0 Å². The Morgan fingerprint density at radius 2 is 1.56 bits per heavy atom. The minimum Gasteiger partial charge on any atom is -0.368 e. The maximum absolute atomic E-state index is 12.4. The second-order valence-electron chi connectivity index (χ2n) is 9.28. The molecule has 0 aliphatic carbocycles. The summed E-state index contributed by atoms with van der Waals surface area (Å²) in [4.78, 5) is 36.3. The van der Waals surface area contributed by atoms with Crippen LogP contribution >= 0.6 is 11.6 Å². The summed E-state index contributed by atoms with van der Waals surface area (Å²) in [6, 6.07) is 15.5. The lowest BCUT2D eigenvalue weighted by Crippen LogP contribution is -2.29. The average molecular weight is 548 g/mol. The van der Waals surface area contributed by atoms with Crippen molar-refractivity contribution in [1.29, 1.82) is 0 Å². The van der Waals surface area contributed by atoms with Crippen LogP contribution in [0.25, 0.3) is 22.3 Å². The zero-order valence-corrected chi connectivity index (χ0v) is 23.0. The lowest BCUT2D eigenvalue weighted by Gasteiger charge is -2.16. The summed E-state index contributed by atoms with van der Waals surface area (Å²) < 4.78 is 0. The molecule has 5 N–H and O–H groups in total. The number of nitrogens with one attached hydrogen (secondary N) is 5. The van der Waals surface area contributed by atoms with Gasteiger partial charge in [0.25, 0.3) is 0 Å². The number of rotatable bonds is 13. The minimum absolute atomic E-state index is 0.0261. The Hall–Kier alpha value is -4.11. The van der Waals surface area contributed by atoms with Crippen LogP contribution in [0, 0.1) is 6.92 Å². The molecule has 4 rings (SSSR count). The van der Waals surface area contributed by atoms with E-state index in [1.54, 1.807) is 12.1 Å². The number of nitrogens with zero attached hydrogens (tertiary/aromatic N) is 2. The third-order valence-corrected chi connectivity index (χ3v) is 6.56. The molecule has 204 valence electrons. The van der Waals surface area contributed by atoms with Crippen molar-refractivity contribution in [3.8, 4) is 11.4 Å². The van der Waals surface area contributed by atoms with E-state index in [0.717, 1.165) is 29.5 Å². The van der Waals surface area contributed by atoms with Crippen LogP contribution in [0.2, 0.25) is 5.02 Å². The molecule has 0 bridgehead atoms. The van der Waals surface area contributed by atoms with E-state index in [0.29, 0.717) is 55.1 Å². The number of anilines is 2. The monoisotopic (exact) mass is 547 g/mol. The predicted molar refractivity (Wildman–Crippen MR) is 157 cm³/mol. The molecule has 2 aromatic heterocycles. The molecular weight excluding hydrogens is 514 g/mol. The first kappa shape index (κ1) is 27.9. The van der Waals surface area contributed by atoms with E-state index in [4.69, 9.17) is 16.6 Å². The number of H-pyrrole nitrogens is 1. The lowest BCUT2D eigenvalue weighted by atomic mass is 10.1. The first-order valence-electron chi connectivity index (χ1n) is 13.1. The molecule has 4 aromatic rings. The molecule has 0 saturated carbocycles. The normalized spacial score (nSPS) is 10.8. The van der Waals surface area contributed by atoms with Crippen LogP contribution < -0.4 is 21.3 Å². The number of hydrogen-bond donors (Lipinski definition) is 5. The molecule has 10 heteroatoms. The average Bonchev–Trinajstić information content (AvgIpc) is 3.34. The molecule has 2 amide bonds. The van der Waals surface area contributed by atoms with Crippen molar-refractivity contribution in [1.82, 2.24) is 25.6 Å². The predicted octanol–water partition coefficient (Wildman–Crippen LogP) is 4.69. The molecule has 39 heavy (non-hydrogen) atoms. The fourth-order valence-corrected chi connectivity index (χ4v) is 4.38. The Balaban J connectivity index is 1.30. The summed E-state index contributed by atoms with van der Waals surface area (Å²) >= 11 is 6.05. The maximum Gasteiger partial charge on any atom is 0.220 e. The number of carbonyl (C=O) groups is 2. The van der Waals surface area contributed by atoms with Crippen LogP contribution in [0.5, 0.6) is 0 Å². The van der Waals surface area contributed by atoms with Crippen molar-refractivity contribution in [2.45, 2.75) is 33.1 Å². The van der Waals surface area contributed by atoms with Gasteiger partial charge in [0, 0.05) is 72.8 Å². The van der Waals surface area contributed by atoms with Gasteiger partial charge in [-0.2, -0.15) is 0 Å². The Morgan fingerprint density at radius 3 is 2.26 bits per heavy atom. The van der Waals surface area contributed by atoms with Crippen molar-refractivity contribution in [2.24, 2.45) is 0 Å². The highest BCUT2D eigenvalue weighted by atomic mass is 35.5. The summed E-state index contributed by atoms with van der Waals surface area (Å²) in [5, 5.41) is 14.2. The van der Waals surface area contributed by atoms with Crippen molar-refractivity contribution in [3.05, 3.63) is 70.9 Å². The molecule has 0 aliphatic rings. The number of carbonyl (C=O) groups excluding carboxylic acids is 2. The quantitative estimate of drug-likeness (QED) is 0.155. The SMILES string of the molecule is CC(=O)NCCNc1nc(-c2ccc(Cl)cc2)nc(NCCNC(=O)CCCc2c[nH]c3ccccc23)c1C. The Bertz CT molecular complexity index is 1420. The highest BCUT2D eigenvalue weighted by Gasteiger charge is 2.13. The first-order valence-corrected chi connectivity index (χ1v) is 13.5. The van der Waals surface area contributed by atoms with E-state index in [-0.39, 0.29) is 11.8 Å². The molecule has 9 nitrogen and oxygen atoms in total. The smallest absolute Gasteiger partial charge is 0.220 e. The number of fused-ring (bicyclic) bond motifs is 1. The summed E-state index contributed by atoms with van der Waals surface area (Å²) in [7, 11) is 0. The van der Waals surface area contributed by atoms with E-state index in [2.05, 4.69) is 43.4 Å². The summed E-state index contributed by atoms with van der Waals surface area (Å²) in [5.41, 5.74) is 4.03. The van der Waals surface area contributed by atoms with E-state index >= 15 is 0 Å². The fourth-order valence-electron chi connectivity index (χ4n) is 4.26. The van der Waals surface area contributed by atoms with Crippen LogP contribution in [-0.2, 0) is 16.0 Å². The van der Waals surface area contributed by atoms with Crippen LogP contribution in [-0.4, -0.2) is 52.9 Å². The summed E-state index contributed by atoms with van der Waals surface area (Å²) in [6.45, 7) is 5.39. The number of aromatic amines is 1. The van der Waals surface area contributed by atoms with E-state index in [1.807, 2.05) is 37.4 Å². The third-order valence-electron chi connectivity index (χ3n) is 6.30. The molecular formula is C29H34ClN7O2. The van der Waals surface area contributed by atoms with E-state index in [9.17, 15) is 9.59 Å². The third kappa shape index (κ3) is 7.94. The molecule has 0 spiro atoms. The van der Waals surface area contributed by atoms with Gasteiger partial charge < -0.3 is 26.3 Å². The van der Waals surface area contributed by atoms with Crippen LogP contribution in [0.3, 0.4) is 0 Å². The number of aromatic nitrogens is 3. The Kier molecular flexibility index (Phi) is 9.74. The van der Waals surface area contributed by atoms with Gasteiger partial charge in [-0.15, -0.1) is 0 Å². The molecule has 0 radical (unpaired) electrons. The number of aryl methyl sites for hydroxylation is 1. The van der Waals surface area contributed by atoms with E-state index < -0.39 is 0 Å². The topological polar surface area (TPSA) is 124 Å². The molecule has 0 saturated heterocycles. The molecule has 0 fully saturated rings. The van der Waals surface area contributed by atoms with Gasteiger partial charge in [-0.25, -0.2) is 9.97 Å². The Morgan fingerprint density at radius 1 is 0.897 bits per heavy atom. The summed E-state index contributed by atoms with van der Waals surface area (Å²) in [5.74, 6) is 1.83. The molecule has 0 aliphatic heterocycles. The first-order chi connectivity index (χ1) is 18.9. The number of halogens is 1. The van der Waals surface area contributed by atoms with Gasteiger partial charge in [-0.1, -0.05) is 29.8 Å². The van der Waals surface area contributed by atoms with Gasteiger partial charge in [0.2, 0.25) is 11.8 Å². The van der Waals surface area contributed by atoms with Crippen LogP contribution in [0.4, 0.5) is 11.6 Å². The fraction of sp³-hybridized carbons (Fsp3) is 0.310. The minimum atomic E-state index is -0.0829. The lowest BCUT2D eigenvalue weighted by molar-refractivity contribution is -0.121. The van der Waals surface area contributed by atoms with Gasteiger partial charge in [-0.3, -0.25) is 9.59 Å². The van der Waals surface area contributed by atoms with Crippen molar-refractivity contribution in [2.75, 3.05) is 36.8 Å². The zero-order valence-electron chi connectivity index (χ0n) is 22.2. The molecule has 0 unspecified atom stereocenters. The number of amides is 2. The van der Waals surface area contributed by atoms with Crippen LogP contribution in [0.1, 0.15) is 30.9 Å². The second kappa shape index (κ2) is 13.6. The van der Waals surface area contributed by atoms with Crippen molar-refractivity contribution < 1.29 is 9.59 Å². The van der Waals surface area contributed by atoms with Crippen LogP contribution in [0.15, 0.2) is 54.7 Å². The van der Waals surface area contributed by atoms with Gasteiger partial charge >= 0.3 is 0 Å². The van der Waals surface area contributed by atoms with Gasteiger partial charge in [0.1, 0.15) is 11.6 Å². The highest BCUT2D eigenvalue weighted by molar-refractivity contribution is 6.30. The largest absolute Gasteiger partial charge is 0.368 e. The van der Waals surface area contributed by atoms with Gasteiger partial charge in [0.15, 0.2) is 5.82 Å². The second-order valence-corrected chi connectivity index (χ2v) is 9.71. The standard InChI is InChI=1S/C29H34ClN7O2/c1-19-27(33-16-14-31-20(2)38)36-29(21-10-12-23(30)13-11-21)37-28(19)34-17-15-32-26(39)9-5-6-22-18-35-25-8-4-3-7-24(22)25/h3-4,7-8,10-13,18,35H,5-6,9,14-17H2,1-2H3,(H,31,38)(H,32,39)(H2,33,34,36,37). The molecule has 2 aromatic carbocycles. The number of benzene rings is 2. The van der Waals surface area contributed by atoms with E-state index in [1.165, 1.54) is 17.9 Å². The maximum atomic E-state index is 12.4. The van der Waals surface area contributed by atoms with Gasteiger partial charge in [0.05, 0.1) is 0 Å². The molecule has 2 heterocycles. The highest BCUT2D eigenvalue weighted by Crippen LogP contribution is 2.26. The molecule has 0 atom stereocenters. The number of hydrogen-bond acceptors (Lipinski definition) is 6. The summed E-state index contributed by atoms with van der Waals surface area (Å²) in [6.07, 6.45) is 4.12. The van der Waals surface area contributed by atoms with Crippen molar-refractivity contribution in [3.63, 3.8) is 0 Å². The number of para-hydroxylation sites is 1. The van der Waals surface area contributed by atoms with Gasteiger partial charge in [-0.05, 0) is 55.7 Å². The zero-order chi connectivity index (χ0) is 27.6. The Labute approximate surface area is 233 Å².